The van der Waals surface area contributed by atoms with Crippen molar-refractivity contribution >= 4 is 12.2 Å². The van der Waals surface area contributed by atoms with E-state index >= 15 is 0 Å². The highest BCUT2D eigenvalue weighted by Gasteiger charge is 2.13. The van der Waals surface area contributed by atoms with E-state index < -0.39 is 5.91 Å². The van der Waals surface area contributed by atoms with Crippen molar-refractivity contribution in [3.05, 3.63) is 34.4 Å². The van der Waals surface area contributed by atoms with Crippen LogP contribution in [0.3, 0.4) is 0 Å². The topological polar surface area (TPSA) is 84.0 Å². The maximum atomic E-state index is 10.9. The normalized spacial score (nSPS) is 9.14. The summed E-state index contributed by atoms with van der Waals surface area (Å²) in [6.45, 7) is 1.69. The number of carbonyl (C=O) groups excluding carboxylic acids is 2. The zero-order chi connectivity index (χ0) is 10.7. The zero-order valence-electron chi connectivity index (χ0n) is 7.57. The third kappa shape index (κ3) is 1.48. The van der Waals surface area contributed by atoms with Gasteiger partial charge in [-0.1, -0.05) is 6.07 Å². The molecule has 0 unspecified atom stereocenters. The lowest BCUT2D eigenvalue weighted by Crippen LogP contribution is -2.14. The van der Waals surface area contributed by atoms with Gasteiger partial charge in [0.25, 0.3) is 0 Å². The fraction of sp³-hybridized carbons (Fsp3) is 0.100. The first-order valence-electron chi connectivity index (χ1n) is 3.90. The van der Waals surface area contributed by atoms with Crippen molar-refractivity contribution in [3.63, 3.8) is 0 Å². The van der Waals surface area contributed by atoms with E-state index in [1.54, 1.807) is 13.0 Å². The van der Waals surface area contributed by atoms with Gasteiger partial charge in [0, 0.05) is 5.56 Å². The molecule has 0 atom stereocenters. The van der Waals surface area contributed by atoms with Crippen molar-refractivity contribution in [1.82, 2.24) is 0 Å². The van der Waals surface area contributed by atoms with Crippen LogP contribution in [0, 0.1) is 18.3 Å². The molecule has 0 saturated carbocycles. The van der Waals surface area contributed by atoms with Crippen LogP contribution in [-0.4, -0.2) is 12.2 Å². The van der Waals surface area contributed by atoms with Crippen molar-refractivity contribution in [2.45, 2.75) is 6.92 Å². The first kappa shape index (κ1) is 9.93. The van der Waals surface area contributed by atoms with E-state index in [4.69, 9.17) is 11.0 Å². The Hall–Kier alpha value is -2.15. The van der Waals surface area contributed by atoms with Gasteiger partial charge in [0.2, 0.25) is 5.91 Å². The maximum absolute atomic E-state index is 10.9. The minimum atomic E-state index is -0.705. The fourth-order valence-corrected chi connectivity index (χ4v) is 1.21. The number of rotatable bonds is 2. The molecule has 0 aliphatic rings. The first-order chi connectivity index (χ1) is 6.61. The Labute approximate surface area is 80.9 Å². The van der Waals surface area contributed by atoms with Crippen LogP contribution in [0.25, 0.3) is 0 Å². The Bertz CT molecular complexity index is 444. The van der Waals surface area contributed by atoms with Gasteiger partial charge < -0.3 is 5.73 Å². The molecule has 0 aliphatic carbocycles. The molecule has 70 valence electrons. The lowest BCUT2D eigenvalue weighted by atomic mass is 9.98. The number of primary amides is 1. The van der Waals surface area contributed by atoms with Gasteiger partial charge >= 0.3 is 0 Å². The SMILES string of the molecule is Cc1ccc(C(N)=O)c(C=O)c1C#N. The summed E-state index contributed by atoms with van der Waals surface area (Å²) >= 11 is 0. The summed E-state index contributed by atoms with van der Waals surface area (Å²) < 4.78 is 0. The second-order valence-electron chi connectivity index (χ2n) is 2.81. The van der Waals surface area contributed by atoms with Crippen LogP contribution < -0.4 is 5.73 Å². The summed E-state index contributed by atoms with van der Waals surface area (Å²) in [6.07, 6.45) is 0.478. The quantitative estimate of drug-likeness (QED) is 0.696. The van der Waals surface area contributed by atoms with Gasteiger partial charge in [0.05, 0.1) is 11.1 Å². The summed E-state index contributed by atoms with van der Waals surface area (Å²) in [7, 11) is 0. The van der Waals surface area contributed by atoms with Crippen LogP contribution in [0.1, 0.15) is 31.8 Å². The van der Waals surface area contributed by atoms with Crippen LogP contribution in [-0.2, 0) is 0 Å². The molecule has 0 spiro atoms. The van der Waals surface area contributed by atoms with Crippen molar-refractivity contribution < 1.29 is 9.59 Å². The summed E-state index contributed by atoms with van der Waals surface area (Å²) in [5.41, 5.74) is 6.07. The molecule has 1 aromatic carbocycles. The highest BCUT2D eigenvalue weighted by molar-refractivity contribution is 6.02. The van der Waals surface area contributed by atoms with E-state index in [0.29, 0.717) is 11.8 Å². The predicted octanol–water partition coefficient (Wildman–Crippen LogP) is 0.778. The number of hydrogen-bond donors (Lipinski definition) is 1. The van der Waals surface area contributed by atoms with Gasteiger partial charge in [-0.05, 0) is 18.6 Å². The summed E-state index contributed by atoms with van der Waals surface area (Å²) in [5.74, 6) is -0.705. The molecule has 0 fully saturated rings. The lowest BCUT2D eigenvalue weighted by Gasteiger charge is -2.04. The minimum absolute atomic E-state index is 0.0694. The average Bonchev–Trinajstić information content (AvgIpc) is 2.16. The number of amides is 1. The Morgan fingerprint density at radius 1 is 1.57 bits per heavy atom. The van der Waals surface area contributed by atoms with Crippen LogP contribution in [0.4, 0.5) is 0 Å². The van der Waals surface area contributed by atoms with E-state index in [0.717, 1.165) is 0 Å². The van der Waals surface area contributed by atoms with Gasteiger partial charge in [-0.2, -0.15) is 5.26 Å². The number of nitrogens with two attached hydrogens (primary N) is 1. The van der Waals surface area contributed by atoms with E-state index in [-0.39, 0.29) is 16.7 Å². The molecule has 0 aliphatic heterocycles. The number of aldehydes is 1. The molecule has 2 N–H and O–H groups in total. The summed E-state index contributed by atoms with van der Waals surface area (Å²) in [4.78, 5) is 21.6. The molecule has 4 heteroatoms. The molecule has 0 bridgehead atoms. The minimum Gasteiger partial charge on any atom is -0.366 e. The van der Waals surface area contributed by atoms with Crippen molar-refractivity contribution in [3.8, 4) is 6.07 Å². The third-order valence-corrected chi connectivity index (χ3v) is 1.95. The number of nitriles is 1. The fourth-order valence-electron chi connectivity index (χ4n) is 1.21. The molecule has 0 heterocycles. The number of hydrogen-bond acceptors (Lipinski definition) is 3. The number of nitrogens with zero attached hydrogens (tertiary/aromatic N) is 1. The largest absolute Gasteiger partial charge is 0.366 e. The Morgan fingerprint density at radius 2 is 2.21 bits per heavy atom. The highest BCUT2D eigenvalue weighted by atomic mass is 16.1. The monoisotopic (exact) mass is 188 g/mol. The van der Waals surface area contributed by atoms with E-state index in [1.807, 2.05) is 6.07 Å². The first-order valence-corrected chi connectivity index (χ1v) is 3.90. The maximum Gasteiger partial charge on any atom is 0.249 e. The molecule has 14 heavy (non-hydrogen) atoms. The molecular weight excluding hydrogens is 180 g/mol. The standard InChI is InChI=1S/C10H8N2O2/c1-6-2-3-7(10(12)14)9(5-13)8(6)4-11/h2-3,5H,1H3,(H2,12,14). The van der Waals surface area contributed by atoms with Gasteiger partial charge in [-0.25, -0.2) is 0 Å². The Morgan fingerprint density at radius 3 is 2.64 bits per heavy atom. The molecule has 0 aromatic heterocycles. The Kier molecular flexibility index (Phi) is 2.63. The van der Waals surface area contributed by atoms with Gasteiger partial charge in [-0.3, -0.25) is 9.59 Å². The van der Waals surface area contributed by atoms with Gasteiger partial charge in [-0.15, -0.1) is 0 Å². The molecule has 1 amide bonds. The van der Waals surface area contributed by atoms with Crippen LogP contribution >= 0.6 is 0 Å². The van der Waals surface area contributed by atoms with Gasteiger partial charge in [0.15, 0.2) is 6.29 Å². The van der Waals surface area contributed by atoms with Gasteiger partial charge in [0.1, 0.15) is 6.07 Å². The van der Waals surface area contributed by atoms with E-state index in [9.17, 15) is 9.59 Å². The molecule has 1 aromatic rings. The molecule has 0 saturated heterocycles. The van der Waals surface area contributed by atoms with Crippen LogP contribution in [0.5, 0.6) is 0 Å². The molecule has 0 radical (unpaired) electrons. The number of carbonyl (C=O) groups is 2. The number of benzene rings is 1. The van der Waals surface area contributed by atoms with E-state index in [2.05, 4.69) is 0 Å². The average molecular weight is 188 g/mol. The van der Waals surface area contributed by atoms with Crippen molar-refractivity contribution in [2.75, 3.05) is 0 Å². The van der Waals surface area contributed by atoms with Crippen LogP contribution in [0.15, 0.2) is 12.1 Å². The van der Waals surface area contributed by atoms with Crippen molar-refractivity contribution in [2.24, 2.45) is 5.73 Å². The summed E-state index contributed by atoms with van der Waals surface area (Å²) in [6, 6.07) is 4.91. The highest BCUT2D eigenvalue weighted by Crippen LogP contribution is 2.16. The molecule has 1 rings (SSSR count). The second kappa shape index (κ2) is 3.71. The number of aryl methyl sites for hydroxylation is 1. The molecule has 4 nitrogen and oxygen atoms in total. The predicted molar refractivity (Wildman–Crippen MR) is 49.8 cm³/mol. The third-order valence-electron chi connectivity index (χ3n) is 1.95. The zero-order valence-corrected chi connectivity index (χ0v) is 7.57. The van der Waals surface area contributed by atoms with Crippen LogP contribution in [0.2, 0.25) is 0 Å². The Balaban J connectivity index is 3.58. The molecular formula is C10H8N2O2. The second-order valence-corrected chi connectivity index (χ2v) is 2.81. The van der Waals surface area contributed by atoms with E-state index in [1.165, 1.54) is 6.07 Å². The smallest absolute Gasteiger partial charge is 0.249 e. The summed E-state index contributed by atoms with van der Waals surface area (Å²) in [5, 5.41) is 8.78. The van der Waals surface area contributed by atoms with Crippen molar-refractivity contribution in [1.29, 1.82) is 5.26 Å². The lowest BCUT2D eigenvalue weighted by molar-refractivity contribution is 0.0993.